The van der Waals surface area contributed by atoms with Crippen molar-refractivity contribution in [2.45, 2.75) is 13.8 Å². The maximum atomic E-state index is 11.4. The van der Waals surface area contributed by atoms with Gasteiger partial charge >= 0.3 is 5.97 Å². The number of carbonyl (C=O) groups is 2. The van der Waals surface area contributed by atoms with Crippen LogP contribution in [0.5, 0.6) is 0 Å². The third kappa shape index (κ3) is 4.00. The van der Waals surface area contributed by atoms with Crippen LogP contribution in [0.2, 0.25) is 0 Å². The summed E-state index contributed by atoms with van der Waals surface area (Å²) in [6.45, 7) is 4.18. The zero-order chi connectivity index (χ0) is 13.5. The number of amides is 1. The van der Waals surface area contributed by atoms with Crippen molar-refractivity contribution in [3.8, 4) is 0 Å². The molecule has 1 amide bonds. The van der Waals surface area contributed by atoms with E-state index in [9.17, 15) is 9.59 Å². The molecule has 7 heteroatoms. The summed E-state index contributed by atoms with van der Waals surface area (Å²) >= 11 is 0. The number of carbonyl (C=O) groups excluding carboxylic acids is 1. The average molecular weight is 252 g/mol. The molecule has 0 aliphatic carbocycles. The van der Waals surface area contributed by atoms with Gasteiger partial charge in [-0.05, 0) is 19.1 Å². The van der Waals surface area contributed by atoms with E-state index >= 15 is 0 Å². The minimum Gasteiger partial charge on any atom is -0.481 e. The van der Waals surface area contributed by atoms with E-state index < -0.39 is 11.9 Å². The average Bonchev–Trinajstić information content (AvgIpc) is 2.36. The van der Waals surface area contributed by atoms with E-state index in [2.05, 4.69) is 20.8 Å². The zero-order valence-corrected chi connectivity index (χ0v) is 10.3. The van der Waals surface area contributed by atoms with Crippen molar-refractivity contribution in [3.63, 3.8) is 0 Å². The number of nitrogens with one attached hydrogen (secondary N) is 2. The quantitative estimate of drug-likeness (QED) is 0.675. The molecule has 1 aromatic heterocycles. The smallest absolute Gasteiger partial charge is 0.308 e. The molecule has 18 heavy (non-hydrogen) atoms. The van der Waals surface area contributed by atoms with Crippen LogP contribution >= 0.6 is 0 Å². The van der Waals surface area contributed by atoms with Gasteiger partial charge in [-0.25, -0.2) is 0 Å². The van der Waals surface area contributed by atoms with E-state index in [0.29, 0.717) is 12.4 Å². The van der Waals surface area contributed by atoms with E-state index in [1.165, 1.54) is 6.07 Å². The van der Waals surface area contributed by atoms with Crippen molar-refractivity contribution >= 4 is 17.7 Å². The van der Waals surface area contributed by atoms with Crippen LogP contribution in [-0.4, -0.2) is 40.3 Å². The first-order valence-corrected chi connectivity index (χ1v) is 5.63. The molecule has 0 bridgehead atoms. The van der Waals surface area contributed by atoms with Crippen molar-refractivity contribution < 1.29 is 14.7 Å². The summed E-state index contributed by atoms with van der Waals surface area (Å²) < 4.78 is 0. The normalized spacial score (nSPS) is 11.7. The van der Waals surface area contributed by atoms with Crippen molar-refractivity contribution in [3.05, 3.63) is 17.8 Å². The summed E-state index contributed by atoms with van der Waals surface area (Å²) in [6, 6.07) is 3.12. The molecule has 0 fully saturated rings. The van der Waals surface area contributed by atoms with Crippen molar-refractivity contribution in [2.75, 3.05) is 18.4 Å². The molecule has 1 unspecified atom stereocenters. The van der Waals surface area contributed by atoms with Gasteiger partial charge in [-0.3, -0.25) is 9.59 Å². The molecule has 0 radical (unpaired) electrons. The molecule has 0 saturated heterocycles. The maximum absolute atomic E-state index is 11.4. The highest BCUT2D eigenvalue weighted by Gasteiger charge is 2.11. The van der Waals surface area contributed by atoms with E-state index in [-0.39, 0.29) is 18.1 Å². The standard InChI is InChI=1S/C11H16N4O3/c1-3-12-10(16)8-4-5-9(15-14-8)13-6-7(2)11(17)18/h4-5,7H,3,6H2,1-2H3,(H,12,16)(H,13,15)(H,17,18). The number of hydrogen-bond donors (Lipinski definition) is 3. The predicted octanol–water partition coefficient (Wildman–Crippen LogP) is 0.359. The van der Waals surface area contributed by atoms with Gasteiger partial charge in [-0.1, -0.05) is 6.92 Å². The van der Waals surface area contributed by atoms with E-state index in [0.717, 1.165) is 0 Å². The third-order valence-corrected chi connectivity index (χ3v) is 2.25. The molecule has 0 saturated carbocycles. The Balaban J connectivity index is 2.55. The summed E-state index contributed by atoms with van der Waals surface area (Å²) in [7, 11) is 0. The Morgan fingerprint density at radius 2 is 2.11 bits per heavy atom. The number of hydrogen-bond acceptors (Lipinski definition) is 5. The van der Waals surface area contributed by atoms with Crippen LogP contribution in [-0.2, 0) is 4.79 Å². The molecule has 0 aromatic carbocycles. The number of aromatic nitrogens is 2. The minimum absolute atomic E-state index is 0.230. The fourth-order valence-electron chi connectivity index (χ4n) is 1.14. The van der Waals surface area contributed by atoms with Gasteiger partial charge in [0.25, 0.3) is 5.91 Å². The van der Waals surface area contributed by atoms with Crippen LogP contribution in [0, 0.1) is 5.92 Å². The summed E-state index contributed by atoms with van der Waals surface area (Å²) in [6.07, 6.45) is 0. The summed E-state index contributed by atoms with van der Waals surface area (Å²) in [5.41, 5.74) is 0.230. The summed E-state index contributed by atoms with van der Waals surface area (Å²) in [4.78, 5) is 22.0. The van der Waals surface area contributed by atoms with Crippen LogP contribution in [0.3, 0.4) is 0 Å². The van der Waals surface area contributed by atoms with Gasteiger partial charge in [-0.15, -0.1) is 10.2 Å². The molecule has 98 valence electrons. The summed E-state index contributed by atoms with van der Waals surface area (Å²) in [5.74, 6) is -1.24. The predicted molar refractivity (Wildman–Crippen MR) is 65.3 cm³/mol. The van der Waals surface area contributed by atoms with E-state index in [1.807, 2.05) is 6.92 Å². The Morgan fingerprint density at radius 1 is 1.39 bits per heavy atom. The number of carboxylic acid groups (broad SMARTS) is 1. The monoisotopic (exact) mass is 252 g/mol. The van der Waals surface area contributed by atoms with Gasteiger partial charge in [0.05, 0.1) is 5.92 Å². The van der Waals surface area contributed by atoms with E-state index in [1.54, 1.807) is 13.0 Å². The molecule has 1 aromatic rings. The fraction of sp³-hybridized carbons (Fsp3) is 0.455. The minimum atomic E-state index is -0.880. The second kappa shape index (κ2) is 6.53. The van der Waals surface area contributed by atoms with Crippen molar-refractivity contribution in [1.29, 1.82) is 0 Å². The lowest BCUT2D eigenvalue weighted by Crippen LogP contribution is -2.24. The molecular weight excluding hydrogens is 236 g/mol. The third-order valence-electron chi connectivity index (χ3n) is 2.25. The number of rotatable bonds is 6. The SMILES string of the molecule is CCNC(=O)c1ccc(NCC(C)C(=O)O)nn1. The molecule has 1 atom stereocenters. The number of carboxylic acids is 1. The van der Waals surface area contributed by atoms with Gasteiger partial charge in [0.2, 0.25) is 0 Å². The number of nitrogens with zero attached hydrogens (tertiary/aromatic N) is 2. The lowest BCUT2D eigenvalue weighted by Gasteiger charge is -2.08. The van der Waals surface area contributed by atoms with Gasteiger partial charge in [0, 0.05) is 13.1 Å². The fourth-order valence-corrected chi connectivity index (χ4v) is 1.14. The second-order valence-electron chi connectivity index (χ2n) is 3.78. The Kier molecular flexibility index (Phi) is 5.04. The van der Waals surface area contributed by atoms with Gasteiger partial charge in [-0.2, -0.15) is 0 Å². The molecule has 1 heterocycles. The van der Waals surface area contributed by atoms with Gasteiger partial charge in [0.1, 0.15) is 5.82 Å². The molecule has 7 nitrogen and oxygen atoms in total. The van der Waals surface area contributed by atoms with Gasteiger partial charge < -0.3 is 15.7 Å². The molecule has 0 aliphatic rings. The zero-order valence-electron chi connectivity index (χ0n) is 10.3. The Morgan fingerprint density at radius 3 is 2.61 bits per heavy atom. The van der Waals surface area contributed by atoms with Crippen molar-refractivity contribution in [2.24, 2.45) is 5.92 Å². The summed E-state index contributed by atoms with van der Waals surface area (Å²) in [5, 5.41) is 21.7. The largest absolute Gasteiger partial charge is 0.481 e. The lowest BCUT2D eigenvalue weighted by atomic mass is 10.2. The van der Waals surface area contributed by atoms with Crippen molar-refractivity contribution in [1.82, 2.24) is 15.5 Å². The maximum Gasteiger partial charge on any atom is 0.308 e. The molecular formula is C11H16N4O3. The highest BCUT2D eigenvalue weighted by atomic mass is 16.4. The van der Waals surface area contributed by atoms with Crippen LogP contribution in [0.4, 0.5) is 5.82 Å². The first-order chi connectivity index (χ1) is 8.54. The Bertz CT molecular complexity index is 419. The number of anilines is 1. The highest BCUT2D eigenvalue weighted by molar-refractivity contribution is 5.92. The van der Waals surface area contributed by atoms with Crippen LogP contribution < -0.4 is 10.6 Å². The first kappa shape index (κ1) is 13.9. The van der Waals surface area contributed by atoms with Crippen LogP contribution in [0.1, 0.15) is 24.3 Å². The lowest BCUT2D eigenvalue weighted by molar-refractivity contribution is -0.140. The molecule has 1 rings (SSSR count). The first-order valence-electron chi connectivity index (χ1n) is 5.63. The molecule has 0 aliphatic heterocycles. The van der Waals surface area contributed by atoms with Crippen LogP contribution in [0.25, 0.3) is 0 Å². The molecule has 3 N–H and O–H groups in total. The number of aliphatic carboxylic acids is 1. The second-order valence-corrected chi connectivity index (χ2v) is 3.78. The van der Waals surface area contributed by atoms with E-state index in [4.69, 9.17) is 5.11 Å². The Hall–Kier alpha value is -2.18. The van der Waals surface area contributed by atoms with Crippen LogP contribution in [0.15, 0.2) is 12.1 Å². The molecule has 0 spiro atoms. The topological polar surface area (TPSA) is 104 Å². The Labute approximate surface area is 105 Å². The van der Waals surface area contributed by atoms with Gasteiger partial charge in [0.15, 0.2) is 5.69 Å². The highest BCUT2D eigenvalue weighted by Crippen LogP contribution is 2.04.